The van der Waals surface area contributed by atoms with Gasteiger partial charge in [-0.2, -0.15) is 5.10 Å². The smallest absolute Gasteiger partial charge is 0.233 e. The van der Waals surface area contributed by atoms with E-state index in [0.29, 0.717) is 5.88 Å². The van der Waals surface area contributed by atoms with Gasteiger partial charge in [0.15, 0.2) is 0 Å². The van der Waals surface area contributed by atoms with E-state index in [9.17, 15) is 0 Å². The lowest BCUT2D eigenvalue weighted by Gasteiger charge is -2.16. The van der Waals surface area contributed by atoms with Gasteiger partial charge >= 0.3 is 0 Å². The van der Waals surface area contributed by atoms with Crippen molar-refractivity contribution >= 4 is 0 Å². The van der Waals surface area contributed by atoms with E-state index in [1.54, 1.807) is 7.11 Å². The van der Waals surface area contributed by atoms with E-state index in [1.807, 2.05) is 18.3 Å². The van der Waals surface area contributed by atoms with Gasteiger partial charge in [0.05, 0.1) is 18.8 Å². The highest BCUT2D eigenvalue weighted by molar-refractivity contribution is 5.19. The van der Waals surface area contributed by atoms with Crippen LogP contribution in [0, 0.1) is 0 Å². The largest absolute Gasteiger partial charge is 0.480 e. The molecule has 0 aliphatic carbocycles. The predicted molar refractivity (Wildman–Crippen MR) is 82.3 cm³/mol. The van der Waals surface area contributed by atoms with Gasteiger partial charge in [-0.05, 0) is 30.7 Å². The molecule has 2 aromatic rings. The van der Waals surface area contributed by atoms with Crippen molar-refractivity contribution in [2.24, 2.45) is 0 Å². The second-order valence-electron chi connectivity index (χ2n) is 4.83. The van der Waals surface area contributed by atoms with Crippen LogP contribution in [0.1, 0.15) is 36.8 Å². The number of nitrogens with zero attached hydrogens (tertiary/aromatic N) is 3. The Labute approximate surface area is 125 Å². The van der Waals surface area contributed by atoms with Gasteiger partial charge in [0.1, 0.15) is 0 Å². The zero-order valence-electron chi connectivity index (χ0n) is 12.8. The van der Waals surface area contributed by atoms with Crippen molar-refractivity contribution in [1.82, 2.24) is 20.5 Å². The molecule has 5 nitrogen and oxygen atoms in total. The standard InChI is InChI=1S/C16H22N4O/c1-4-12-6-7-13(18-11-12)10-15(17-5-2)14-8-9-16(21-3)20-19-14/h6-9,11,15,17H,4-5,10H2,1-3H3. The summed E-state index contributed by atoms with van der Waals surface area (Å²) in [7, 11) is 1.59. The Kier molecular flexibility index (Phi) is 5.63. The second-order valence-corrected chi connectivity index (χ2v) is 4.83. The minimum Gasteiger partial charge on any atom is -0.480 e. The van der Waals surface area contributed by atoms with Gasteiger partial charge in [-0.15, -0.1) is 5.10 Å². The van der Waals surface area contributed by atoms with Crippen molar-refractivity contribution in [3.8, 4) is 5.88 Å². The third-order valence-electron chi connectivity index (χ3n) is 3.38. The highest BCUT2D eigenvalue weighted by atomic mass is 16.5. The SMILES string of the molecule is CCNC(Cc1ccc(CC)cn1)c1ccc(OC)nn1. The number of hydrogen-bond donors (Lipinski definition) is 1. The quantitative estimate of drug-likeness (QED) is 0.846. The van der Waals surface area contributed by atoms with Gasteiger partial charge in [-0.1, -0.05) is 19.9 Å². The van der Waals surface area contributed by atoms with Gasteiger partial charge < -0.3 is 10.1 Å². The first kappa shape index (κ1) is 15.4. The van der Waals surface area contributed by atoms with Gasteiger partial charge in [0.2, 0.25) is 5.88 Å². The molecule has 2 heterocycles. The van der Waals surface area contributed by atoms with Crippen LogP contribution in [0.15, 0.2) is 30.5 Å². The molecule has 0 spiro atoms. The lowest BCUT2D eigenvalue weighted by molar-refractivity contribution is 0.389. The number of ether oxygens (including phenoxy) is 1. The molecule has 0 saturated carbocycles. The van der Waals surface area contributed by atoms with Crippen molar-refractivity contribution in [3.05, 3.63) is 47.4 Å². The summed E-state index contributed by atoms with van der Waals surface area (Å²) in [5.74, 6) is 0.527. The van der Waals surface area contributed by atoms with Gasteiger partial charge in [0.25, 0.3) is 0 Å². The van der Waals surface area contributed by atoms with E-state index in [2.05, 4.69) is 46.5 Å². The number of hydrogen-bond acceptors (Lipinski definition) is 5. The van der Waals surface area contributed by atoms with Crippen LogP contribution in [0.3, 0.4) is 0 Å². The Morgan fingerprint density at radius 1 is 1.14 bits per heavy atom. The van der Waals surface area contributed by atoms with Crippen LogP contribution >= 0.6 is 0 Å². The number of rotatable bonds is 7. The maximum Gasteiger partial charge on any atom is 0.233 e. The van der Waals surface area contributed by atoms with Gasteiger partial charge in [-0.25, -0.2) is 0 Å². The van der Waals surface area contributed by atoms with E-state index in [0.717, 1.165) is 30.8 Å². The highest BCUT2D eigenvalue weighted by Gasteiger charge is 2.14. The maximum atomic E-state index is 5.05. The van der Waals surface area contributed by atoms with Crippen molar-refractivity contribution in [2.45, 2.75) is 32.7 Å². The molecule has 1 atom stereocenters. The Morgan fingerprint density at radius 2 is 2.00 bits per heavy atom. The Bertz CT molecular complexity index is 539. The molecule has 0 amide bonds. The lowest BCUT2D eigenvalue weighted by Crippen LogP contribution is -2.24. The summed E-state index contributed by atoms with van der Waals surface area (Å²) in [5, 5.41) is 11.7. The topological polar surface area (TPSA) is 59.9 Å². The number of nitrogens with one attached hydrogen (secondary N) is 1. The Morgan fingerprint density at radius 3 is 2.52 bits per heavy atom. The Balaban J connectivity index is 2.13. The fourth-order valence-electron chi connectivity index (χ4n) is 2.15. The number of pyridine rings is 1. The van der Waals surface area contributed by atoms with E-state index in [-0.39, 0.29) is 6.04 Å². The van der Waals surface area contributed by atoms with Crippen LogP contribution in [0.4, 0.5) is 0 Å². The van der Waals surface area contributed by atoms with Gasteiger partial charge in [0, 0.05) is 24.4 Å². The van der Waals surface area contributed by atoms with Crippen LogP contribution < -0.4 is 10.1 Å². The summed E-state index contributed by atoms with van der Waals surface area (Å²) in [6, 6.07) is 8.10. The molecule has 0 aliphatic heterocycles. The number of methoxy groups -OCH3 is 1. The van der Waals surface area contributed by atoms with Gasteiger partial charge in [-0.3, -0.25) is 4.98 Å². The molecule has 21 heavy (non-hydrogen) atoms. The lowest BCUT2D eigenvalue weighted by atomic mass is 10.1. The van der Waals surface area contributed by atoms with Crippen LogP contribution in [-0.2, 0) is 12.8 Å². The van der Waals surface area contributed by atoms with E-state index in [4.69, 9.17) is 4.74 Å². The molecule has 1 N–H and O–H groups in total. The molecular weight excluding hydrogens is 264 g/mol. The number of aryl methyl sites for hydroxylation is 1. The first-order chi connectivity index (χ1) is 10.3. The summed E-state index contributed by atoms with van der Waals surface area (Å²) >= 11 is 0. The van der Waals surface area contributed by atoms with E-state index >= 15 is 0 Å². The number of aromatic nitrogens is 3. The summed E-state index contributed by atoms with van der Waals surface area (Å²) in [6.07, 6.45) is 3.74. The first-order valence-corrected chi connectivity index (χ1v) is 7.31. The zero-order valence-corrected chi connectivity index (χ0v) is 12.8. The molecule has 0 aliphatic rings. The van der Waals surface area contributed by atoms with Crippen LogP contribution in [0.2, 0.25) is 0 Å². The van der Waals surface area contributed by atoms with Crippen LogP contribution in [-0.4, -0.2) is 28.8 Å². The highest BCUT2D eigenvalue weighted by Crippen LogP contribution is 2.17. The molecular formula is C16H22N4O. The monoisotopic (exact) mass is 286 g/mol. The molecule has 1 unspecified atom stereocenters. The molecule has 112 valence electrons. The average Bonchev–Trinajstić information content (AvgIpc) is 2.55. The summed E-state index contributed by atoms with van der Waals surface area (Å²) in [6.45, 7) is 5.08. The van der Waals surface area contributed by atoms with Crippen molar-refractivity contribution in [3.63, 3.8) is 0 Å². The molecule has 2 aromatic heterocycles. The maximum absolute atomic E-state index is 5.05. The molecule has 0 fully saturated rings. The fraction of sp³-hybridized carbons (Fsp3) is 0.438. The average molecular weight is 286 g/mol. The third-order valence-corrected chi connectivity index (χ3v) is 3.38. The summed E-state index contributed by atoms with van der Waals surface area (Å²) in [5.41, 5.74) is 3.21. The first-order valence-electron chi connectivity index (χ1n) is 7.31. The minimum absolute atomic E-state index is 0.105. The molecule has 5 heteroatoms. The van der Waals surface area contributed by atoms with Crippen molar-refractivity contribution in [2.75, 3.05) is 13.7 Å². The molecule has 0 bridgehead atoms. The second kappa shape index (κ2) is 7.69. The van der Waals surface area contributed by atoms with E-state index in [1.165, 1.54) is 5.56 Å². The predicted octanol–water partition coefficient (Wildman–Crippen LogP) is 2.34. The van der Waals surface area contributed by atoms with E-state index < -0.39 is 0 Å². The molecule has 0 aromatic carbocycles. The zero-order chi connectivity index (χ0) is 15.1. The molecule has 0 radical (unpaired) electrons. The number of likely N-dealkylation sites (N-methyl/N-ethyl adjacent to an activating group) is 1. The van der Waals surface area contributed by atoms with Crippen molar-refractivity contribution < 1.29 is 4.74 Å². The minimum atomic E-state index is 0.105. The van der Waals surface area contributed by atoms with Crippen LogP contribution in [0.25, 0.3) is 0 Å². The Hall–Kier alpha value is -2.01. The molecule has 0 saturated heterocycles. The van der Waals surface area contributed by atoms with Crippen LogP contribution in [0.5, 0.6) is 5.88 Å². The normalized spacial score (nSPS) is 12.1. The third kappa shape index (κ3) is 4.23. The summed E-state index contributed by atoms with van der Waals surface area (Å²) in [4.78, 5) is 4.52. The summed E-state index contributed by atoms with van der Waals surface area (Å²) < 4.78 is 5.05. The fourth-order valence-corrected chi connectivity index (χ4v) is 2.15. The van der Waals surface area contributed by atoms with Crippen molar-refractivity contribution in [1.29, 1.82) is 0 Å². The molecule has 2 rings (SSSR count).